The molecule has 0 amide bonds. The number of ether oxygens (including phenoxy) is 1. The van der Waals surface area contributed by atoms with Crippen molar-refractivity contribution in [3.05, 3.63) is 47.8 Å². The Morgan fingerprint density at radius 2 is 2.11 bits per heavy atom. The maximum atomic E-state index is 13.4. The van der Waals surface area contributed by atoms with Crippen LogP contribution in [0.1, 0.15) is 31.9 Å². The third kappa shape index (κ3) is 3.40. The van der Waals surface area contributed by atoms with E-state index < -0.39 is 17.9 Å². The first-order chi connectivity index (χ1) is 8.47. The van der Waals surface area contributed by atoms with Gasteiger partial charge in [-0.3, -0.25) is 0 Å². The summed E-state index contributed by atoms with van der Waals surface area (Å²) in [4.78, 5) is 11.6. The summed E-state index contributed by atoms with van der Waals surface area (Å²) < 4.78 is 18.5. The lowest BCUT2D eigenvalue weighted by Gasteiger charge is -2.16. The molecule has 1 rings (SSSR count). The van der Waals surface area contributed by atoms with Crippen molar-refractivity contribution in [2.24, 2.45) is 0 Å². The topological polar surface area (TPSA) is 46.5 Å². The summed E-state index contributed by atoms with van der Waals surface area (Å²) in [6.07, 6.45) is -0.987. The van der Waals surface area contributed by atoms with Crippen LogP contribution in [-0.2, 0) is 9.53 Å². The number of esters is 1. The second-order valence-electron chi connectivity index (χ2n) is 4.07. The van der Waals surface area contributed by atoms with Gasteiger partial charge in [-0.15, -0.1) is 0 Å². The average molecular weight is 252 g/mol. The van der Waals surface area contributed by atoms with E-state index >= 15 is 0 Å². The largest absolute Gasteiger partial charge is 0.459 e. The lowest BCUT2D eigenvalue weighted by molar-refractivity contribution is -0.144. The fraction of sp³-hybridized carbons (Fsp3) is 0.357. The molecule has 0 saturated carbocycles. The van der Waals surface area contributed by atoms with E-state index in [9.17, 15) is 14.3 Å². The lowest BCUT2D eigenvalue weighted by atomic mass is 10.0. The number of carbonyl (C=O) groups excluding carboxylic acids is 1. The smallest absolute Gasteiger partial charge is 0.336 e. The van der Waals surface area contributed by atoms with E-state index in [0.717, 1.165) is 0 Å². The number of hydrogen-bond donors (Lipinski definition) is 1. The average Bonchev–Trinajstić information content (AvgIpc) is 2.37. The molecule has 1 N–H and O–H groups in total. The van der Waals surface area contributed by atoms with Gasteiger partial charge in [-0.2, -0.15) is 0 Å². The first-order valence-electron chi connectivity index (χ1n) is 5.79. The maximum absolute atomic E-state index is 13.4. The van der Waals surface area contributed by atoms with Crippen molar-refractivity contribution in [2.75, 3.05) is 0 Å². The Labute approximate surface area is 106 Å². The van der Waals surface area contributed by atoms with Crippen LogP contribution < -0.4 is 0 Å². The van der Waals surface area contributed by atoms with Gasteiger partial charge in [0.1, 0.15) is 11.9 Å². The zero-order valence-corrected chi connectivity index (χ0v) is 10.5. The number of aliphatic hydroxyl groups excluding tert-OH is 1. The summed E-state index contributed by atoms with van der Waals surface area (Å²) in [5.41, 5.74) is -0.149. The van der Waals surface area contributed by atoms with Crippen molar-refractivity contribution in [2.45, 2.75) is 32.5 Å². The predicted molar refractivity (Wildman–Crippen MR) is 66.3 cm³/mol. The molecule has 18 heavy (non-hydrogen) atoms. The van der Waals surface area contributed by atoms with Crippen LogP contribution in [-0.4, -0.2) is 17.2 Å². The van der Waals surface area contributed by atoms with Gasteiger partial charge in [0.15, 0.2) is 0 Å². The molecule has 2 unspecified atom stereocenters. The van der Waals surface area contributed by atoms with Crippen molar-refractivity contribution in [1.29, 1.82) is 0 Å². The van der Waals surface area contributed by atoms with Gasteiger partial charge in [0, 0.05) is 5.56 Å². The highest BCUT2D eigenvalue weighted by Gasteiger charge is 2.23. The van der Waals surface area contributed by atoms with E-state index in [4.69, 9.17) is 4.74 Å². The Hall–Kier alpha value is -1.68. The Bertz CT molecular complexity index is 442. The number of rotatable bonds is 5. The fourth-order valence-electron chi connectivity index (χ4n) is 1.34. The van der Waals surface area contributed by atoms with Gasteiger partial charge < -0.3 is 9.84 Å². The van der Waals surface area contributed by atoms with Gasteiger partial charge in [0.25, 0.3) is 0 Å². The molecule has 2 atom stereocenters. The Kier molecular flexibility index (Phi) is 5.04. The van der Waals surface area contributed by atoms with Gasteiger partial charge in [-0.1, -0.05) is 31.7 Å². The summed E-state index contributed by atoms with van der Waals surface area (Å²) in [6, 6.07) is 5.70. The monoisotopic (exact) mass is 252 g/mol. The second kappa shape index (κ2) is 6.31. The molecule has 4 heteroatoms. The predicted octanol–water partition coefficient (Wildman–Crippen LogP) is 2.76. The molecule has 0 fully saturated rings. The molecule has 0 aliphatic carbocycles. The van der Waals surface area contributed by atoms with E-state index in [1.807, 2.05) is 6.92 Å². The van der Waals surface area contributed by atoms with Crippen LogP contribution in [0.4, 0.5) is 4.39 Å². The Balaban J connectivity index is 2.79. The van der Waals surface area contributed by atoms with E-state index in [0.29, 0.717) is 6.42 Å². The van der Waals surface area contributed by atoms with Crippen LogP contribution in [0, 0.1) is 5.82 Å². The molecule has 0 radical (unpaired) electrons. The van der Waals surface area contributed by atoms with E-state index in [1.165, 1.54) is 18.2 Å². The molecule has 0 saturated heterocycles. The molecule has 0 aliphatic heterocycles. The van der Waals surface area contributed by atoms with Crippen LogP contribution in [0.5, 0.6) is 0 Å². The van der Waals surface area contributed by atoms with Gasteiger partial charge in [0.05, 0.1) is 11.7 Å². The van der Waals surface area contributed by atoms with Crippen LogP contribution in [0.25, 0.3) is 0 Å². The van der Waals surface area contributed by atoms with Crippen LogP contribution >= 0.6 is 0 Å². The van der Waals surface area contributed by atoms with Gasteiger partial charge in [-0.05, 0) is 19.4 Å². The molecule has 0 spiro atoms. The second-order valence-corrected chi connectivity index (χ2v) is 4.07. The Morgan fingerprint density at radius 3 is 2.67 bits per heavy atom. The highest BCUT2D eigenvalue weighted by atomic mass is 19.1. The number of halogens is 1. The number of benzene rings is 1. The van der Waals surface area contributed by atoms with Crippen molar-refractivity contribution >= 4 is 5.97 Å². The minimum absolute atomic E-state index is 0.0172. The molecule has 0 aliphatic rings. The van der Waals surface area contributed by atoms with Crippen molar-refractivity contribution in [1.82, 2.24) is 0 Å². The number of carbonyl (C=O) groups is 1. The zero-order valence-electron chi connectivity index (χ0n) is 10.5. The minimum Gasteiger partial charge on any atom is -0.459 e. The number of aliphatic hydroxyl groups is 1. The maximum Gasteiger partial charge on any atom is 0.336 e. The highest BCUT2D eigenvalue weighted by molar-refractivity contribution is 5.89. The zero-order chi connectivity index (χ0) is 13.7. The first kappa shape index (κ1) is 14.4. The van der Waals surface area contributed by atoms with Crippen molar-refractivity contribution in [3.63, 3.8) is 0 Å². The van der Waals surface area contributed by atoms with Crippen molar-refractivity contribution in [3.8, 4) is 0 Å². The molecule has 0 bridgehead atoms. The van der Waals surface area contributed by atoms with E-state index in [-0.39, 0.29) is 17.2 Å². The summed E-state index contributed by atoms with van der Waals surface area (Å²) in [5.74, 6) is -1.29. The molecule has 1 aromatic carbocycles. The van der Waals surface area contributed by atoms with Crippen LogP contribution in [0.15, 0.2) is 36.4 Å². The number of hydrogen-bond acceptors (Lipinski definition) is 3. The van der Waals surface area contributed by atoms with E-state index in [2.05, 4.69) is 6.58 Å². The molecule has 98 valence electrons. The molecular weight excluding hydrogens is 235 g/mol. The molecule has 0 heterocycles. The van der Waals surface area contributed by atoms with E-state index in [1.54, 1.807) is 13.0 Å². The van der Waals surface area contributed by atoms with Crippen molar-refractivity contribution < 1.29 is 19.0 Å². The summed E-state index contributed by atoms with van der Waals surface area (Å²) in [6.45, 7) is 7.07. The Morgan fingerprint density at radius 1 is 1.50 bits per heavy atom. The third-order valence-electron chi connectivity index (χ3n) is 2.68. The SMILES string of the molecule is C=C(C(=O)OC(C)CC)C(O)c1ccccc1F. The quantitative estimate of drug-likeness (QED) is 0.647. The molecule has 1 aromatic rings. The van der Waals surface area contributed by atoms with Crippen LogP contribution in [0.3, 0.4) is 0 Å². The van der Waals surface area contributed by atoms with Gasteiger partial charge in [0.2, 0.25) is 0 Å². The highest BCUT2D eigenvalue weighted by Crippen LogP contribution is 2.24. The minimum atomic E-state index is -1.39. The van der Waals surface area contributed by atoms with Crippen LogP contribution in [0.2, 0.25) is 0 Å². The molecule has 0 aromatic heterocycles. The third-order valence-corrected chi connectivity index (χ3v) is 2.68. The first-order valence-corrected chi connectivity index (χ1v) is 5.79. The standard InChI is InChI=1S/C14H17FO3/c1-4-9(2)18-14(17)10(3)13(16)11-7-5-6-8-12(11)15/h5-9,13,16H,3-4H2,1-2H3. The summed E-state index contributed by atoms with van der Waals surface area (Å²) in [5, 5.41) is 9.89. The molecule has 3 nitrogen and oxygen atoms in total. The summed E-state index contributed by atoms with van der Waals surface area (Å²) in [7, 11) is 0. The summed E-state index contributed by atoms with van der Waals surface area (Å²) >= 11 is 0. The normalized spacial score (nSPS) is 13.8. The molecular formula is C14H17FO3. The van der Waals surface area contributed by atoms with Gasteiger partial charge >= 0.3 is 5.97 Å². The van der Waals surface area contributed by atoms with Gasteiger partial charge in [-0.25, -0.2) is 9.18 Å². The lowest BCUT2D eigenvalue weighted by Crippen LogP contribution is -2.19. The fourth-order valence-corrected chi connectivity index (χ4v) is 1.34.